The van der Waals surface area contributed by atoms with Crippen LogP contribution in [-0.4, -0.2) is 70.4 Å². The molecule has 0 spiro atoms. The third-order valence-corrected chi connectivity index (χ3v) is 4.17. The second-order valence-corrected chi connectivity index (χ2v) is 6.18. The number of nitrogens with one attached hydrogen (secondary N) is 1. The number of halogens is 1. The molecule has 2 atom stereocenters. The van der Waals surface area contributed by atoms with Gasteiger partial charge in [-0.25, -0.2) is 9.18 Å². The number of β-amino-alcohol motifs (C(OH)–C–C–N with tert-alkyl or cyclic N) is 1. The van der Waals surface area contributed by atoms with Gasteiger partial charge in [0, 0.05) is 18.7 Å². The van der Waals surface area contributed by atoms with Crippen molar-refractivity contribution >= 4 is 6.03 Å². The minimum atomic E-state index is -0.575. The summed E-state index contributed by atoms with van der Waals surface area (Å²) in [6, 6.07) is 5.34. The Labute approximate surface area is 144 Å². The van der Waals surface area contributed by atoms with Gasteiger partial charge in [-0.2, -0.15) is 4.98 Å². The number of carbonyl (C=O) groups is 1. The molecule has 2 N–H and O–H groups in total. The van der Waals surface area contributed by atoms with E-state index in [1.165, 1.54) is 12.1 Å². The molecule has 2 amide bonds. The van der Waals surface area contributed by atoms with E-state index in [1.54, 1.807) is 17.0 Å². The number of hydrogen-bond donors (Lipinski definition) is 2. The summed E-state index contributed by atoms with van der Waals surface area (Å²) < 4.78 is 18.0. The van der Waals surface area contributed by atoms with Crippen molar-refractivity contribution in [1.29, 1.82) is 0 Å². The van der Waals surface area contributed by atoms with Crippen LogP contribution in [0.4, 0.5) is 9.18 Å². The lowest BCUT2D eigenvalue weighted by Gasteiger charge is -2.21. The van der Waals surface area contributed by atoms with Gasteiger partial charge >= 0.3 is 6.03 Å². The Morgan fingerprint density at radius 1 is 1.40 bits per heavy atom. The lowest BCUT2D eigenvalue weighted by atomic mass is 10.2. The number of likely N-dealkylation sites (tertiary alicyclic amines) is 1. The van der Waals surface area contributed by atoms with Crippen molar-refractivity contribution in [2.45, 2.75) is 18.7 Å². The molecular weight excluding hydrogens is 329 g/mol. The van der Waals surface area contributed by atoms with Crippen LogP contribution in [0.5, 0.6) is 0 Å². The van der Waals surface area contributed by atoms with Crippen LogP contribution in [0, 0.1) is 5.82 Å². The summed E-state index contributed by atoms with van der Waals surface area (Å²) in [5.74, 6) is 0.230. The number of likely N-dealkylation sites (N-methyl/N-ethyl adjacent to an activating group) is 1. The minimum absolute atomic E-state index is 0.0756. The van der Waals surface area contributed by atoms with Gasteiger partial charge in [0.1, 0.15) is 5.82 Å². The fraction of sp³-hybridized carbons (Fsp3) is 0.438. The monoisotopic (exact) mass is 349 g/mol. The van der Waals surface area contributed by atoms with E-state index in [4.69, 9.17) is 4.52 Å². The number of hydrogen-bond acceptors (Lipinski definition) is 6. The average molecular weight is 349 g/mol. The number of carbonyl (C=O) groups excluding carboxylic acids is 1. The van der Waals surface area contributed by atoms with Gasteiger partial charge in [-0.1, -0.05) is 5.16 Å². The Kier molecular flexibility index (Phi) is 4.95. The summed E-state index contributed by atoms with van der Waals surface area (Å²) in [7, 11) is 3.73. The van der Waals surface area contributed by atoms with Crippen LogP contribution in [0.2, 0.25) is 0 Å². The maximum absolute atomic E-state index is 12.9. The molecule has 1 fully saturated rings. The smallest absolute Gasteiger partial charge is 0.317 e. The molecule has 1 aliphatic heterocycles. The fourth-order valence-corrected chi connectivity index (χ4v) is 2.75. The molecule has 1 aromatic carbocycles. The highest BCUT2D eigenvalue weighted by atomic mass is 19.1. The van der Waals surface area contributed by atoms with E-state index in [0.717, 1.165) is 0 Å². The van der Waals surface area contributed by atoms with Gasteiger partial charge in [0.2, 0.25) is 11.7 Å². The van der Waals surface area contributed by atoms with Crippen molar-refractivity contribution in [3.8, 4) is 11.4 Å². The number of rotatable bonds is 4. The first kappa shape index (κ1) is 17.3. The van der Waals surface area contributed by atoms with Crippen molar-refractivity contribution in [3.63, 3.8) is 0 Å². The summed E-state index contributed by atoms with van der Waals surface area (Å²) in [5, 5.41) is 16.5. The first-order valence-corrected chi connectivity index (χ1v) is 7.90. The van der Waals surface area contributed by atoms with E-state index in [2.05, 4.69) is 15.5 Å². The Balaban J connectivity index is 1.56. The number of aliphatic hydroxyl groups excluding tert-OH is 1. The molecule has 8 nitrogen and oxygen atoms in total. The molecule has 0 saturated carbocycles. The van der Waals surface area contributed by atoms with Gasteiger partial charge < -0.3 is 24.7 Å². The molecule has 25 heavy (non-hydrogen) atoms. The highest BCUT2D eigenvalue weighted by Crippen LogP contribution is 2.17. The van der Waals surface area contributed by atoms with Crippen molar-refractivity contribution in [3.05, 3.63) is 36.0 Å². The van der Waals surface area contributed by atoms with Crippen LogP contribution >= 0.6 is 0 Å². The molecule has 1 aromatic heterocycles. The van der Waals surface area contributed by atoms with E-state index in [-0.39, 0.29) is 36.9 Å². The number of nitrogens with zero attached hydrogens (tertiary/aromatic N) is 4. The molecule has 0 unspecified atom stereocenters. The standard InChI is InChI=1S/C16H20FN5O3/c1-21(2)12-8-22(9-13(12)23)16(24)18-7-14-19-15(20-25-14)10-3-5-11(17)6-4-10/h3-6,12-13,23H,7-9H2,1-2H3,(H,18,24)/t12-,13-/m0/s1. The lowest BCUT2D eigenvalue weighted by Crippen LogP contribution is -2.40. The van der Waals surface area contributed by atoms with E-state index in [1.807, 2.05) is 19.0 Å². The molecule has 1 aliphatic rings. The maximum atomic E-state index is 12.9. The van der Waals surface area contributed by atoms with Gasteiger partial charge in [-0.05, 0) is 38.4 Å². The van der Waals surface area contributed by atoms with Crippen LogP contribution < -0.4 is 5.32 Å². The molecule has 1 saturated heterocycles. The largest absolute Gasteiger partial charge is 0.390 e. The van der Waals surface area contributed by atoms with Gasteiger partial charge in [0.25, 0.3) is 0 Å². The number of amides is 2. The van der Waals surface area contributed by atoms with Crippen molar-refractivity contribution in [1.82, 2.24) is 25.3 Å². The molecule has 3 rings (SSSR count). The Hall–Kier alpha value is -2.52. The van der Waals surface area contributed by atoms with Gasteiger partial charge in [-0.3, -0.25) is 0 Å². The van der Waals surface area contributed by atoms with E-state index in [0.29, 0.717) is 17.9 Å². The highest BCUT2D eigenvalue weighted by Gasteiger charge is 2.35. The molecule has 2 aromatic rings. The predicted molar refractivity (Wildman–Crippen MR) is 87.0 cm³/mol. The minimum Gasteiger partial charge on any atom is -0.390 e. The number of urea groups is 1. The van der Waals surface area contributed by atoms with Crippen molar-refractivity contribution in [2.24, 2.45) is 0 Å². The molecule has 0 bridgehead atoms. The van der Waals surface area contributed by atoms with E-state index in [9.17, 15) is 14.3 Å². The summed E-state index contributed by atoms with van der Waals surface area (Å²) in [4.78, 5) is 19.8. The van der Waals surface area contributed by atoms with Crippen molar-refractivity contribution in [2.75, 3.05) is 27.2 Å². The van der Waals surface area contributed by atoms with Crippen LogP contribution in [0.3, 0.4) is 0 Å². The molecule has 0 aliphatic carbocycles. The molecule has 2 heterocycles. The van der Waals surface area contributed by atoms with Gasteiger partial charge in [-0.15, -0.1) is 0 Å². The SMILES string of the molecule is CN(C)[C@H]1CN(C(=O)NCc2nc(-c3ccc(F)cc3)no2)C[C@@H]1O. The quantitative estimate of drug-likeness (QED) is 0.843. The third kappa shape index (κ3) is 3.94. The fourth-order valence-electron chi connectivity index (χ4n) is 2.75. The average Bonchev–Trinajstić information content (AvgIpc) is 3.20. The van der Waals surface area contributed by atoms with E-state index < -0.39 is 6.10 Å². The zero-order valence-corrected chi connectivity index (χ0v) is 14.0. The summed E-state index contributed by atoms with van der Waals surface area (Å²) in [6.07, 6.45) is -0.575. The summed E-state index contributed by atoms with van der Waals surface area (Å²) >= 11 is 0. The van der Waals surface area contributed by atoms with Crippen LogP contribution in [-0.2, 0) is 6.54 Å². The first-order chi connectivity index (χ1) is 11.9. The molecule has 134 valence electrons. The van der Waals surface area contributed by atoms with Gasteiger partial charge in [0.05, 0.1) is 18.7 Å². The van der Waals surface area contributed by atoms with Crippen LogP contribution in [0.15, 0.2) is 28.8 Å². The van der Waals surface area contributed by atoms with Crippen LogP contribution in [0.25, 0.3) is 11.4 Å². The topological polar surface area (TPSA) is 94.7 Å². The Morgan fingerprint density at radius 3 is 2.76 bits per heavy atom. The zero-order chi connectivity index (χ0) is 18.0. The van der Waals surface area contributed by atoms with Gasteiger partial charge in [0.15, 0.2) is 0 Å². The number of benzene rings is 1. The van der Waals surface area contributed by atoms with Crippen LogP contribution in [0.1, 0.15) is 5.89 Å². The highest BCUT2D eigenvalue weighted by molar-refractivity contribution is 5.74. The Bertz CT molecular complexity index is 734. The normalized spacial score (nSPS) is 20.3. The summed E-state index contributed by atoms with van der Waals surface area (Å²) in [5.41, 5.74) is 0.624. The second-order valence-electron chi connectivity index (χ2n) is 6.18. The first-order valence-electron chi connectivity index (χ1n) is 7.90. The number of aromatic nitrogens is 2. The number of aliphatic hydroxyl groups is 1. The maximum Gasteiger partial charge on any atom is 0.317 e. The summed E-state index contributed by atoms with van der Waals surface area (Å²) in [6.45, 7) is 0.802. The molecule has 0 radical (unpaired) electrons. The molecule has 9 heteroatoms. The lowest BCUT2D eigenvalue weighted by molar-refractivity contribution is 0.113. The predicted octanol–water partition coefficient (Wildman–Crippen LogP) is 0.692. The second kappa shape index (κ2) is 7.16. The zero-order valence-electron chi connectivity index (χ0n) is 14.0. The molecular formula is C16H20FN5O3. The third-order valence-electron chi connectivity index (χ3n) is 4.17. The van der Waals surface area contributed by atoms with E-state index >= 15 is 0 Å². The van der Waals surface area contributed by atoms with Crippen molar-refractivity contribution < 1.29 is 18.8 Å². The Morgan fingerprint density at radius 2 is 2.12 bits per heavy atom.